The number of carbonyl (C=O) groups excluding carboxylic acids is 2. The standard InChI is InChI=1S/C24H27ClF2N2O4S/c1-15(16(2)30)28-24(31)17-7-8-18(22(27)13-17)14-29(23-6-4-3-5-21(23)26)34(32,33)20-11-9-19(25)10-12-20/h7-13,15,21,23H,3-6,14H2,1-2H3,(H,28,31)/t15-,21?,23?/m1/s1. The normalized spacial score (nSPS) is 19.6. The van der Waals surface area contributed by atoms with Gasteiger partial charge in [-0.3, -0.25) is 9.59 Å². The minimum atomic E-state index is -4.17. The molecule has 2 aromatic carbocycles. The van der Waals surface area contributed by atoms with Crippen molar-refractivity contribution >= 4 is 33.3 Å². The summed E-state index contributed by atoms with van der Waals surface area (Å²) >= 11 is 5.88. The molecule has 3 atom stereocenters. The SMILES string of the molecule is CC(=O)[C@@H](C)NC(=O)c1ccc(CN(C2CCCCC2F)S(=O)(=O)c2ccc(Cl)cc2)c(F)c1. The first kappa shape index (κ1) is 26.2. The molecule has 1 N–H and O–H groups in total. The van der Waals surface area contributed by atoms with Crippen molar-refractivity contribution in [2.24, 2.45) is 0 Å². The van der Waals surface area contributed by atoms with Crippen molar-refractivity contribution in [3.05, 3.63) is 64.4 Å². The van der Waals surface area contributed by atoms with Crippen LogP contribution in [0.4, 0.5) is 8.78 Å². The third kappa shape index (κ3) is 6.00. The van der Waals surface area contributed by atoms with Crippen LogP contribution in [-0.4, -0.2) is 42.7 Å². The molecular formula is C24H27ClF2N2O4S. The number of carbonyl (C=O) groups is 2. The van der Waals surface area contributed by atoms with Crippen LogP contribution in [0.2, 0.25) is 5.02 Å². The first-order chi connectivity index (χ1) is 16.0. The van der Waals surface area contributed by atoms with E-state index in [1.54, 1.807) is 0 Å². The molecule has 0 aliphatic heterocycles. The fraction of sp³-hybridized carbons (Fsp3) is 0.417. The van der Waals surface area contributed by atoms with Gasteiger partial charge in [-0.25, -0.2) is 17.2 Å². The first-order valence-corrected chi connectivity index (χ1v) is 12.8. The number of hydrogen-bond acceptors (Lipinski definition) is 4. The second-order valence-corrected chi connectivity index (χ2v) is 10.8. The number of Topliss-reactive ketones (excluding diaryl/α,β-unsaturated/α-hetero) is 1. The number of nitrogens with zero attached hydrogens (tertiary/aromatic N) is 1. The molecule has 1 aliphatic carbocycles. The average molecular weight is 513 g/mol. The van der Waals surface area contributed by atoms with Crippen LogP contribution >= 0.6 is 11.6 Å². The number of amides is 1. The van der Waals surface area contributed by atoms with E-state index in [1.807, 2.05) is 0 Å². The third-order valence-corrected chi connectivity index (χ3v) is 8.17. The van der Waals surface area contributed by atoms with Crippen LogP contribution in [0.15, 0.2) is 47.4 Å². The largest absolute Gasteiger partial charge is 0.343 e. The van der Waals surface area contributed by atoms with Gasteiger partial charge in [-0.15, -0.1) is 0 Å². The van der Waals surface area contributed by atoms with Crippen LogP contribution < -0.4 is 5.32 Å². The lowest BCUT2D eigenvalue weighted by atomic mass is 9.93. The molecule has 1 saturated carbocycles. The molecule has 6 nitrogen and oxygen atoms in total. The molecule has 1 amide bonds. The molecule has 0 radical (unpaired) electrons. The smallest absolute Gasteiger partial charge is 0.251 e. The molecule has 1 aliphatic rings. The maximum atomic E-state index is 15.0. The van der Waals surface area contributed by atoms with Crippen molar-refractivity contribution < 1.29 is 26.8 Å². The number of alkyl halides is 1. The van der Waals surface area contributed by atoms with Crippen molar-refractivity contribution in [1.82, 2.24) is 9.62 Å². The number of ketones is 1. The van der Waals surface area contributed by atoms with Gasteiger partial charge >= 0.3 is 0 Å². The van der Waals surface area contributed by atoms with E-state index >= 15 is 0 Å². The molecule has 0 bridgehead atoms. The molecule has 1 fully saturated rings. The van der Waals surface area contributed by atoms with Crippen molar-refractivity contribution in [2.75, 3.05) is 0 Å². The minimum Gasteiger partial charge on any atom is -0.343 e. The summed E-state index contributed by atoms with van der Waals surface area (Å²) in [5.41, 5.74) is -0.00558. The number of rotatable bonds is 8. The zero-order valence-electron chi connectivity index (χ0n) is 18.9. The molecule has 184 valence electrons. The van der Waals surface area contributed by atoms with Crippen LogP contribution in [0.3, 0.4) is 0 Å². The minimum absolute atomic E-state index is 0.00600. The molecule has 34 heavy (non-hydrogen) atoms. The van der Waals surface area contributed by atoms with Gasteiger partial charge in [-0.05, 0) is 63.1 Å². The van der Waals surface area contributed by atoms with Gasteiger partial charge in [0.25, 0.3) is 5.91 Å². The summed E-state index contributed by atoms with van der Waals surface area (Å²) in [6, 6.07) is 7.49. The molecule has 10 heteroatoms. The Morgan fingerprint density at radius 2 is 1.79 bits per heavy atom. The zero-order chi connectivity index (χ0) is 25.0. The average Bonchev–Trinajstić information content (AvgIpc) is 2.79. The van der Waals surface area contributed by atoms with Crippen LogP contribution in [0.5, 0.6) is 0 Å². The Kier molecular flexibility index (Phi) is 8.43. The summed E-state index contributed by atoms with van der Waals surface area (Å²) < 4.78 is 57.8. The van der Waals surface area contributed by atoms with E-state index in [2.05, 4.69) is 5.32 Å². The predicted octanol–water partition coefficient (Wildman–Crippen LogP) is 4.66. The molecular weight excluding hydrogens is 486 g/mol. The van der Waals surface area contributed by atoms with E-state index in [1.165, 1.54) is 50.2 Å². The predicted molar refractivity (Wildman–Crippen MR) is 125 cm³/mol. The van der Waals surface area contributed by atoms with Gasteiger partial charge in [0.2, 0.25) is 10.0 Å². The summed E-state index contributed by atoms with van der Waals surface area (Å²) in [5, 5.41) is 2.82. The number of halogens is 3. The third-order valence-electron chi connectivity index (χ3n) is 6.04. The monoisotopic (exact) mass is 512 g/mol. The van der Waals surface area contributed by atoms with E-state index in [-0.39, 0.29) is 28.2 Å². The lowest BCUT2D eigenvalue weighted by Gasteiger charge is -2.35. The number of benzene rings is 2. The fourth-order valence-electron chi connectivity index (χ4n) is 3.88. The second kappa shape index (κ2) is 10.9. The highest BCUT2D eigenvalue weighted by molar-refractivity contribution is 7.89. The second-order valence-electron chi connectivity index (χ2n) is 8.48. The molecule has 2 unspecified atom stereocenters. The van der Waals surface area contributed by atoms with E-state index in [9.17, 15) is 26.8 Å². The lowest BCUT2D eigenvalue weighted by molar-refractivity contribution is -0.118. The van der Waals surface area contributed by atoms with Crippen LogP contribution in [0.1, 0.15) is 55.5 Å². The van der Waals surface area contributed by atoms with E-state index in [0.29, 0.717) is 24.3 Å². The highest BCUT2D eigenvalue weighted by Gasteiger charge is 2.38. The quantitative estimate of drug-likeness (QED) is 0.557. The van der Waals surface area contributed by atoms with Crippen molar-refractivity contribution in [3.63, 3.8) is 0 Å². The fourth-order valence-corrected chi connectivity index (χ4v) is 5.66. The molecule has 0 spiro atoms. The van der Waals surface area contributed by atoms with Crippen LogP contribution in [-0.2, 0) is 21.4 Å². The van der Waals surface area contributed by atoms with Crippen molar-refractivity contribution in [1.29, 1.82) is 0 Å². The topological polar surface area (TPSA) is 83.6 Å². The van der Waals surface area contributed by atoms with Crippen molar-refractivity contribution in [3.8, 4) is 0 Å². The zero-order valence-corrected chi connectivity index (χ0v) is 20.5. The van der Waals surface area contributed by atoms with Gasteiger partial charge in [-0.2, -0.15) is 4.31 Å². The summed E-state index contributed by atoms with van der Waals surface area (Å²) in [6.45, 7) is 2.45. The Labute approximate surface area is 203 Å². The van der Waals surface area contributed by atoms with Gasteiger partial charge in [0, 0.05) is 22.7 Å². The van der Waals surface area contributed by atoms with Gasteiger partial charge in [0.1, 0.15) is 12.0 Å². The summed E-state index contributed by atoms with van der Waals surface area (Å²) in [6.07, 6.45) is 0.487. The van der Waals surface area contributed by atoms with Crippen LogP contribution in [0.25, 0.3) is 0 Å². The maximum absolute atomic E-state index is 15.0. The number of hydrogen-bond donors (Lipinski definition) is 1. The van der Waals surface area contributed by atoms with Gasteiger partial charge in [0.15, 0.2) is 5.78 Å². The maximum Gasteiger partial charge on any atom is 0.251 e. The van der Waals surface area contributed by atoms with Gasteiger partial charge < -0.3 is 5.32 Å². The molecule has 0 heterocycles. The van der Waals surface area contributed by atoms with Crippen LogP contribution in [0, 0.1) is 5.82 Å². The molecule has 2 aromatic rings. The van der Waals surface area contributed by atoms with E-state index in [0.717, 1.165) is 10.4 Å². The molecule has 3 rings (SSSR count). The number of sulfonamides is 1. The molecule has 0 aromatic heterocycles. The Hall–Kier alpha value is -2.36. The van der Waals surface area contributed by atoms with E-state index < -0.39 is 46.5 Å². The highest BCUT2D eigenvalue weighted by Crippen LogP contribution is 2.32. The van der Waals surface area contributed by atoms with Crippen molar-refractivity contribution in [2.45, 2.75) is 69.2 Å². The Bertz CT molecular complexity index is 1160. The highest BCUT2D eigenvalue weighted by atomic mass is 35.5. The molecule has 0 saturated heterocycles. The Morgan fingerprint density at radius 3 is 2.38 bits per heavy atom. The summed E-state index contributed by atoms with van der Waals surface area (Å²) in [5.74, 6) is -1.68. The summed E-state index contributed by atoms with van der Waals surface area (Å²) in [4.78, 5) is 23.6. The van der Waals surface area contributed by atoms with E-state index in [4.69, 9.17) is 11.6 Å². The lowest BCUT2D eigenvalue weighted by Crippen LogP contribution is -2.46. The number of nitrogens with one attached hydrogen (secondary N) is 1. The first-order valence-electron chi connectivity index (χ1n) is 11.0. The summed E-state index contributed by atoms with van der Waals surface area (Å²) in [7, 11) is -4.17. The Balaban J connectivity index is 1.93. The Morgan fingerprint density at radius 1 is 1.15 bits per heavy atom. The van der Waals surface area contributed by atoms with Gasteiger partial charge in [-0.1, -0.05) is 30.5 Å². The van der Waals surface area contributed by atoms with Gasteiger partial charge in [0.05, 0.1) is 17.0 Å².